The van der Waals surface area contributed by atoms with E-state index < -0.39 is 44.5 Å². The molecule has 4 rings (SSSR count). The Bertz CT molecular complexity index is 1920. The van der Waals surface area contributed by atoms with Gasteiger partial charge in [0.1, 0.15) is 0 Å². The summed E-state index contributed by atoms with van der Waals surface area (Å²) in [5, 5.41) is 4.97. The highest BCUT2D eigenvalue weighted by Gasteiger charge is 2.33. The van der Waals surface area contributed by atoms with E-state index in [0.717, 1.165) is 22.8 Å². The number of hydrogen-bond donors (Lipinski definition) is 3. The number of carbonyl (C=O) groups is 2. The summed E-state index contributed by atoms with van der Waals surface area (Å²) in [6.45, 7) is 6.04. The van der Waals surface area contributed by atoms with Crippen molar-refractivity contribution in [1.82, 2.24) is 5.32 Å². The average molecular weight is 713 g/mol. The highest BCUT2D eigenvalue weighted by Crippen LogP contribution is 2.37. The van der Waals surface area contributed by atoms with Gasteiger partial charge in [0, 0.05) is 17.8 Å². The zero-order valence-electron chi connectivity index (χ0n) is 27.0. The first-order valence-corrected chi connectivity index (χ1v) is 17.3. The van der Waals surface area contributed by atoms with Crippen LogP contribution in [0, 0.1) is 5.41 Å². The third kappa shape index (κ3) is 11.3. The molecular weight excluding hydrogens is 677 g/mol. The van der Waals surface area contributed by atoms with E-state index in [9.17, 15) is 31.2 Å². The van der Waals surface area contributed by atoms with Crippen LogP contribution in [-0.4, -0.2) is 37.1 Å². The number of halogens is 4. The van der Waals surface area contributed by atoms with E-state index in [-0.39, 0.29) is 29.9 Å². The molecule has 1 unspecified atom stereocenters. The molecule has 0 aliphatic carbocycles. The molecule has 0 bridgehead atoms. The van der Waals surface area contributed by atoms with E-state index in [1.165, 1.54) is 12.1 Å². The number of benzene rings is 4. The Morgan fingerprint density at radius 3 is 2.04 bits per heavy atom. The number of hydrogen-bond acceptors (Lipinski definition) is 4. The Morgan fingerprint density at radius 2 is 1.49 bits per heavy atom. The van der Waals surface area contributed by atoms with Crippen molar-refractivity contribution in [2.45, 2.75) is 39.3 Å². The number of amides is 2. The molecule has 0 radical (unpaired) electrons. The lowest BCUT2D eigenvalue weighted by atomic mass is 9.89. The van der Waals surface area contributed by atoms with Crippen molar-refractivity contribution in [3.63, 3.8) is 0 Å². The van der Waals surface area contributed by atoms with Gasteiger partial charge in [-0.2, -0.15) is 21.6 Å². The van der Waals surface area contributed by atoms with Gasteiger partial charge in [-0.05, 0) is 76.1 Å². The lowest BCUT2D eigenvalue weighted by Crippen LogP contribution is -2.28. The molecular formula is C37H36ClF3N2O5S. The van der Waals surface area contributed by atoms with Gasteiger partial charge in [0.15, 0.2) is 0 Å². The summed E-state index contributed by atoms with van der Waals surface area (Å²) in [6.07, 6.45) is -0.164. The van der Waals surface area contributed by atoms with Crippen molar-refractivity contribution >= 4 is 45.3 Å². The van der Waals surface area contributed by atoms with E-state index >= 15 is 0 Å². The first-order valence-electron chi connectivity index (χ1n) is 15.3. The minimum absolute atomic E-state index is 0.00494. The zero-order valence-corrected chi connectivity index (χ0v) is 28.6. The first kappa shape index (κ1) is 37.4. The monoisotopic (exact) mass is 712 g/mol. The summed E-state index contributed by atoms with van der Waals surface area (Å²) in [6, 6.07) is 24.4. The largest absolute Gasteiger partial charge is 0.417 e. The summed E-state index contributed by atoms with van der Waals surface area (Å²) in [5.74, 6) is -2.05. The van der Waals surface area contributed by atoms with Gasteiger partial charge >= 0.3 is 6.18 Å². The van der Waals surface area contributed by atoms with E-state index in [0.29, 0.717) is 16.8 Å². The van der Waals surface area contributed by atoms with Crippen LogP contribution in [0.1, 0.15) is 59.3 Å². The van der Waals surface area contributed by atoms with Gasteiger partial charge < -0.3 is 10.6 Å². The Hall–Kier alpha value is -4.45. The van der Waals surface area contributed by atoms with E-state index in [1.807, 2.05) is 30.3 Å². The first-order chi connectivity index (χ1) is 22.9. The standard InChI is InChI=1S/C37H36ClF3N2O5S/c1-36(2,3)19-18-24-4-8-27(9-5-24)31(22-25-6-10-28(11-7-25)34(44)42-20-21-49(46,47)48)35(45)43-30-15-12-26(13-16-30)29-14-17-32(33(38)23-29)37(39,40)41/h4-19,23,31H,20-22H2,1-3H3,(H,42,44)(H,43,45)(H,46,47,48)/b19-18+. The topological polar surface area (TPSA) is 113 Å². The molecule has 0 saturated heterocycles. The van der Waals surface area contributed by atoms with Crippen LogP contribution in [0.25, 0.3) is 17.2 Å². The molecule has 0 aliphatic heterocycles. The normalized spacial score (nSPS) is 12.9. The summed E-state index contributed by atoms with van der Waals surface area (Å²) in [5.41, 5.74) is 3.45. The number of alkyl halides is 3. The van der Waals surface area contributed by atoms with Gasteiger partial charge in [-0.25, -0.2) is 0 Å². The predicted octanol–water partition coefficient (Wildman–Crippen LogP) is 8.67. The van der Waals surface area contributed by atoms with Gasteiger partial charge in [0.25, 0.3) is 16.0 Å². The summed E-state index contributed by atoms with van der Waals surface area (Å²) in [7, 11) is -4.21. The molecule has 0 fully saturated rings. The number of carbonyl (C=O) groups excluding carboxylic acids is 2. The van der Waals surface area contributed by atoms with Gasteiger partial charge in [0.2, 0.25) is 5.91 Å². The minimum atomic E-state index is -4.56. The van der Waals surface area contributed by atoms with Gasteiger partial charge in [-0.3, -0.25) is 14.1 Å². The van der Waals surface area contributed by atoms with Crippen molar-refractivity contribution in [2.75, 3.05) is 17.6 Å². The Morgan fingerprint density at radius 1 is 0.878 bits per heavy atom. The smallest absolute Gasteiger partial charge is 0.351 e. The number of anilines is 1. The molecule has 0 aromatic heterocycles. The molecule has 4 aromatic carbocycles. The fourth-order valence-corrected chi connectivity index (χ4v) is 5.52. The second-order valence-corrected chi connectivity index (χ2v) is 14.6. The second kappa shape index (κ2) is 15.4. The molecule has 4 aromatic rings. The number of allylic oxidation sites excluding steroid dienone is 1. The molecule has 49 heavy (non-hydrogen) atoms. The van der Waals surface area contributed by atoms with E-state index in [1.54, 1.807) is 48.5 Å². The van der Waals surface area contributed by atoms with Crippen molar-refractivity contribution in [3.8, 4) is 11.1 Å². The quantitative estimate of drug-likeness (QED) is 0.135. The summed E-state index contributed by atoms with van der Waals surface area (Å²) >= 11 is 5.90. The SMILES string of the molecule is CC(C)(C)/C=C/c1ccc(C(Cc2ccc(C(=O)NCCS(=O)(=O)O)cc2)C(=O)Nc2ccc(-c3ccc(C(F)(F)F)c(Cl)c3)cc2)cc1. The summed E-state index contributed by atoms with van der Waals surface area (Å²) in [4.78, 5) is 26.2. The molecule has 0 spiro atoms. The molecule has 2 amide bonds. The van der Waals surface area contributed by atoms with Gasteiger partial charge in [-0.15, -0.1) is 0 Å². The van der Waals surface area contributed by atoms with Crippen LogP contribution >= 0.6 is 11.6 Å². The maximum atomic E-state index is 13.8. The van der Waals surface area contributed by atoms with Crippen LogP contribution in [0.3, 0.4) is 0 Å². The lowest BCUT2D eigenvalue weighted by molar-refractivity contribution is -0.137. The average Bonchev–Trinajstić information content (AvgIpc) is 3.02. The fraction of sp³-hybridized carbons (Fsp3) is 0.243. The molecule has 0 saturated carbocycles. The Kier molecular flexibility index (Phi) is 11.7. The molecule has 1 atom stereocenters. The Balaban J connectivity index is 1.54. The third-order valence-corrected chi connectivity index (χ3v) is 8.53. The highest BCUT2D eigenvalue weighted by atomic mass is 35.5. The van der Waals surface area contributed by atoms with Gasteiger partial charge in [-0.1, -0.05) is 99.1 Å². The molecule has 7 nitrogen and oxygen atoms in total. The van der Waals surface area contributed by atoms with E-state index in [2.05, 4.69) is 37.5 Å². The van der Waals surface area contributed by atoms with Crippen LogP contribution in [0.15, 0.2) is 97.1 Å². The maximum Gasteiger partial charge on any atom is 0.417 e. The molecule has 0 aliphatic rings. The van der Waals surface area contributed by atoms with E-state index in [4.69, 9.17) is 16.2 Å². The van der Waals surface area contributed by atoms with Crippen molar-refractivity contribution in [3.05, 3.63) is 130 Å². The lowest BCUT2D eigenvalue weighted by Gasteiger charge is -2.19. The van der Waals surface area contributed by atoms with Crippen molar-refractivity contribution < 1.29 is 35.7 Å². The van der Waals surface area contributed by atoms with Crippen molar-refractivity contribution in [2.24, 2.45) is 5.41 Å². The minimum Gasteiger partial charge on any atom is -0.351 e. The molecule has 3 N–H and O–H groups in total. The third-order valence-electron chi connectivity index (χ3n) is 7.49. The molecule has 258 valence electrons. The van der Waals surface area contributed by atoms with Crippen molar-refractivity contribution in [1.29, 1.82) is 0 Å². The maximum absolute atomic E-state index is 13.8. The van der Waals surface area contributed by atoms with Crippen LogP contribution in [0.4, 0.5) is 18.9 Å². The highest BCUT2D eigenvalue weighted by molar-refractivity contribution is 7.85. The Labute approximate surface area is 289 Å². The predicted molar refractivity (Wildman–Crippen MR) is 187 cm³/mol. The molecule has 12 heteroatoms. The fourth-order valence-electron chi connectivity index (χ4n) is 4.87. The van der Waals surface area contributed by atoms with Crippen LogP contribution in [-0.2, 0) is 27.5 Å². The second-order valence-electron chi connectivity index (χ2n) is 12.6. The van der Waals surface area contributed by atoms with Crippen LogP contribution in [0.5, 0.6) is 0 Å². The number of rotatable bonds is 11. The van der Waals surface area contributed by atoms with Crippen LogP contribution < -0.4 is 10.6 Å². The zero-order chi connectivity index (χ0) is 36.0. The number of nitrogens with one attached hydrogen (secondary N) is 2. The van der Waals surface area contributed by atoms with Gasteiger partial charge in [0.05, 0.1) is 22.3 Å². The summed E-state index contributed by atoms with van der Waals surface area (Å²) < 4.78 is 70.1. The molecule has 0 heterocycles. The van der Waals surface area contributed by atoms with Crippen LogP contribution in [0.2, 0.25) is 5.02 Å².